The van der Waals surface area contributed by atoms with Gasteiger partial charge in [0.05, 0.1) is 8.07 Å². The Morgan fingerprint density at radius 1 is 0.742 bits per heavy atom. The maximum atomic E-state index is 15.2. The van der Waals surface area contributed by atoms with Gasteiger partial charge in [-0.2, -0.15) is 0 Å². The largest absolute Gasteiger partial charge is 0.309 e. The molecule has 1 unspecified atom stereocenters. The predicted octanol–water partition coefficient (Wildman–Crippen LogP) is 6.93. The van der Waals surface area contributed by atoms with Crippen LogP contribution in [0.5, 0.6) is 0 Å². The van der Waals surface area contributed by atoms with Gasteiger partial charge in [-0.25, -0.2) is 0 Å². The van der Waals surface area contributed by atoms with Crippen LogP contribution in [0.4, 0.5) is 0 Å². The molecule has 0 bridgehead atoms. The lowest BCUT2D eigenvalue weighted by atomic mass is 10.1. The molecule has 0 aliphatic carbocycles. The van der Waals surface area contributed by atoms with Crippen molar-refractivity contribution in [1.29, 1.82) is 0 Å². The second-order valence-corrected chi connectivity index (χ2v) is 17.6. The minimum atomic E-state index is -3.06. The van der Waals surface area contributed by atoms with E-state index in [1.165, 1.54) is 5.19 Å². The van der Waals surface area contributed by atoms with Gasteiger partial charge in [0.2, 0.25) is 0 Å². The Kier molecular flexibility index (Phi) is 4.97. The van der Waals surface area contributed by atoms with Crippen molar-refractivity contribution in [2.24, 2.45) is 0 Å². The molecule has 0 fully saturated rings. The fraction of sp³-hybridized carbons (Fsp3) is 0.111. The summed E-state index contributed by atoms with van der Waals surface area (Å²) in [5, 5.41) is 6.33. The molecule has 0 radical (unpaired) electrons. The summed E-state index contributed by atoms with van der Waals surface area (Å²) in [4.78, 5) is 0. The van der Waals surface area contributed by atoms with Gasteiger partial charge in [0.1, 0.15) is 0 Å². The highest BCUT2D eigenvalue weighted by atomic mass is 79.9. The molecule has 1 atom stereocenters. The van der Waals surface area contributed by atoms with Crippen LogP contribution < -0.4 is 15.8 Å². The molecule has 0 spiro atoms. The van der Waals surface area contributed by atoms with Gasteiger partial charge in [-0.3, -0.25) is 0 Å². The lowest BCUT2D eigenvalue weighted by molar-refractivity contribution is 0.593. The van der Waals surface area contributed by atoms with Gasteiger partial charge in [-0.05, 0) is 32.3 Å². The first-order valence-electron chi connectivity index (χ1n) is 10.5. The summed E-state index contributed by atoms with van der Waals surface area (Å²) in [6.07, 6.45) is 0. The number of hydrogen-bond donors (Lipinski definition) is 0. The highest BCUT2D eigenvalue weighted by molar-refractivity contribution is 9.15. The van der Waals surface area contributed by atoms with Gasteiger partial charge in [0.15, 0.2) is 7.14 Å². The topological polar surface area (TPSA) is 17.1 Å². The van der Waals surface area contributed by atoms with Crippen molar-refractivity contribution in [3.05, 3.63) is 102 Å². The summed E-state index contributed by atoms with van der Waals surface area (Å²) >= 11 is 3.87. The molecule has 0 saturated heterocycles. The summed E-state index contributed by atoms with van der Waals surface area (Å²) in [7, 11) is -4.47. The Labute approximate surface area is 193 Å². The Morgan fingerprint density at radius 3 is 2.06 bits per heavy atom. The van der Waals surface area contributed by atoms with E-state index in [1.807, 2.05) is 42.5 Å². The van der Waals surface area contributed by atoms with Crippen LogP contribution in [0.3, 0.4) is 0 Å². The van der Waals surface area contributed by atoms with E-state index in [1.54, 1.807) is 0 Å². The molecular weight excluding hydrogens is 479 g/mol. The maximum Gasteiger partial charge on any atom is 0.173 e. The normalized spacial score (nSPS) is 18.5. The highest BCUT2D eigenvalue weighted by Gasteiger charge is 2.43. The van der Waals surface area contributed by atoms with Crippen molar-refractivity contribution in [3.63, 3.8) is 0 Å². The van der Waals surface area contributed by atoms with Crippen LogP contribution in [0.25, 0.3) is 20.6 Å². The summed E-state index contributed by atoms with van der Waals surface area (Å²) in [6.45, 7) is 7.05. The van der Waals surface area contributed by atoms with Crippen LogP contribution in [-0.4, -0.2) is 8.07 Å². The third-order valence-electron chi connectivity index (χ3n) is 6.12. The second kappa shape index (κ2) is 7.45. The van der Waals surface area contributed by atoms with E-state index >= 15 is 4.57 Å². The number of fused-ring (bicyclic) bond motifs is 3. The molecule has 5 rings (SSSR count). The average Bonchev–Trinajstić information content (AvgIpc) is 3.02. The molecule has 0 aromatic heterocycles. The molecule has 1 nitrogen and oxygen atoms in total. The molecule has 4 aromatic rings. The zero-order valence-corrected chi connectivity index (χ0v) is 21.4. The first kappa shape index (κ1) is 20.7. The van der Waals surface area contributed by atoms with Gasteiger partial charge in [0, 0.05) is 26.0 Å². The van der Waals surface area contributed by atoms with Crippen molar-refractivity contribution < 1.29 is 4.57 Å². The predicted molar refractivity (Wildman–Crippen MR) is 142 cm³/mol. The third kappa shape index (κ3) is 3.22. The molecular formula is C27H24BrOPSi. The van der Waals surface area contributed by atoms with Crippen molar-refractivity contribution in [2.75, 3.05) is 0 Å². The fourth-order valence-electron chi connectivity index (χ4n) is 4.48. The number of rotatable bonds is 3. The molecule has 0 N–H and O–H groups in total. The Hall–Kier alpha value is -2.19. The van der Waals surface area contributed by atoms with Crippen molar-refractivity contribution in [3.8, 4) is 0 Å². The molecule has 1 aliphatic heterocycles. The molecule has 4 aromatic carbocycles. The van der Waals surface area contributed by atoms with Crippen LogP contribution in [0.1, 0.15) is 11.1 Å². The van der Waals surface area contributed by atoms with E-state index in [0.29, 0.717) is 0 Å². The van der Waals surface area contributed by atoms with Crippen molar-refractivity contribution in [2.45, 2.75) is 19.6 Å². The van der Waals surface area contributed by atoms with Gasteiger partial charge >= 0.3 is 0 Å². The molecule has 1 aliphatic rings. The molecule has 0 amide bonds. The van der Waals surface area contributed by atoms with Crippen LogP contribution in [0.15, 0.2) is 91.0 Å². The van der Waals surface area contributed by atoms with E-state index in [-0.39, 0.29) is 0 Å². The highest BCUT2D eigenvalue weighted by Crippen LogP contribution is 2.66. The van der Waals surface area contributed by atoms with Crippen LogP contribution in [-0.2, 0) is 4.57 Å². The standard InChI is InChI=1S/C27H24BrOPSi/c1-31(2,3)22-16-13-20(14-17-22)26-25(28)24-18-15-19-9-7-8-12-23(19)27(24)30(26,29)21-10-5-4-6-11-21/h4-18H,1-3H3. The smallest absolute Gasteiger partial charge is 0.173 e. The fourth-order valence-corrected chi connectivity index (χ4v) is 10.4. The molecule has 154 valence electrons. The minimum Gasteiger partial charge on any atom is -0.309 e. The Bertz CT molecular complexity index is 1380. The summed E-state index contributed by atoms with van der Waals surface area (Å²) in [5.74, 6) is 0. The molecule has 31 heavy (non-hydrogen) atoms. The number of benzene rings is 4. The van der Waals surface area contributed by atoms with E-state index < -0.39 is 15.2 Å². The number of halogens is 1. The summed E-state index contributed by atoms with van der Waals surface area (Å²) in [5.41, 5.74) is 2.07. The van der Waals surface area contributed by atoms with Crippen LogP contribution >= 0.6 is 23.1 Å². The van der Waals surface area contributed by atoms with Gasteiger partial charge < -0.3 is 4.57 Å². The van der Waals surface area contributed by atoms with E-state index in [2.05, 4.69) is 84.1 Å². The lowest BCUT2D eigenvalue weighted by Gasteiger charge is -2.22. The van der Waals surface area contributed by atoms with Gasteiger partial charge in [-0.1, -0.05) is 116 Å². The zero-order valence-electron chi connectivity index (χ0n) is 17.9. The quantitative estimate of drug-likeness (QED) is 0.219. The summed E-state index contributed by atoms with van der Waals surface area (Å²) < 4.78 is 16.1. The molecule has 4 heteroatoms. The van der Waals surface area contributed by atoms with E-state index in [0.717, 1.165) is 42.3 Å². The first-order chi connectivity index (χ1) is 14.8. The lowest BCUT2D eigenvalue weighted by Crippen LogP contribution is -2.37. The molecule has 0 saturated carbocycles. The SMILES string of the molecule is C[Si](C)(C)c1ccc(C2=C(Br)c3ccc4ccccc4c3P2(=O)c2ccccc2)cc1. The third-order valence-corrected chi connectivity index (χ3v) is 12.6. The Morgan fingerprint density at radius 2 is 1.39 bits per heavy atom. The van der Waals surface area contributed by atoms with Crippen molar-refractivity contribution in [1.82, 2.24) is 0 Å². The Balaban J connectivity index is 1.83. The summed E-state index contributed by atoms with van der Waals surface area (Å²) in [6, 6.07) is 31.2. The second-order valence-electron chi connectivity index (χ2n) is 9.12. The minimum absolute atomic E-state index is 0.881. The maximum absolute atomic E-state index is 15.2. The van der Waals surface area contributed by atoms with E-state index in [4.69, 9.17) is 0 Å². The zero-order chi connectivity index (χ0) is 21.8. The van der Waals surface area contributed by atoms with Crippen LogP contribution in [0, 0.1) is 0 Å². The van der Waals surface area contributed by atoms with Gasteiger partial charge in [0.25, 0.3) is 0 Å². The average molecular weight is 503 g/mol. The van der Waals surface area contributed by atoms with Crippen LogP contribution in [0.2, 0.25) is 19.6 Å². The first-order valence-corrected chi connectivity index (χ1v) is 16.5. The molecule has 1 heterocycles. The van der Waals surface area contributed by atoms with Crippen molar-refractivity contribution >= 4 is 67.5 Å². The number of hydrogen-bond acceptors (Lipinski definition) is 1. The van der Waals surface area contributed by atoms with Gasteiger partial charge in [-0.15, -0.1) is 0 Å². The van der Waals surface area contributed by atoms with E-state index in [9.17, 15) is 0 Å². The monoisotopic (exact) mass is 502 g/mol.